The highest BCUT2D eigenvalue weighted by atomic mass is 16.5. The molecule has 0 aliphatic carbocycles. The molecule has 0 amide bonds. The van der Waals surface area contributed by atoms with E-state index in [2.05, 4.69) is 20.0 Å². The van der Waals surface area contributed by atoms with Crippen molar-refractivity contribution in [2.24, 2.45) is 0 Å². The Hall–Kier alpha value is -0.910. The first-order valence-corrected chi connectivity index (χ1v) is 8.43. The number of nitrogens with zero attached hydrogens (tertiary/aromatic N) is 3. The van der Waals surface area contributed by atoms with Crippen LogP contribution in [0.15, 0.2) is 12.4 Å². The predicted molar refractivity (Wildman–Crippen MR) is 83.4 cm³/mol. The number of rotatable bonds is 6. The van der Waals surface area contributed by atoms with Crippen molar-refractivity contribution in [1.82, 2.24) is 20.0 Å². The number of ether oxygens (including phenoxy) is 1. The molecule has 0 spiro atoms. The fourth-order valence-corrected chi connectivity index (χ4v) is 3.54. The van der Waals surface area contributed by atoms with Gasteiger partial charge in [-0.15, -0.1) is 0 Å². The van der Waals surface area contributed by atoms with Gasteiger partial charge in [-0.2, -0.15) is 5.10 Å². The first-order chi connectivity index (χ1) is 10.4. The molecule has 5 heteroatoms. The summed E-state index contributed by atoms with van der Waals surface area (Å²) in [7, 11) is 0. The van der Waals surface area contributed by atoms with E-state index in [9.17, 15) is 0 Å². The quantitative estimate of drug-likeness (QED) is 0.863. The van der Waals surface area contributed by atoms with Crippen LogP contribution in [0, 0.1) is 0 Å². The maximum absolute atomic E-state index is 5.46. The molecule has 0 saturated carbocycles. The van der Waals surface area contributed by atoms with E-state index in [-0.39, 0.29) is 0 Å². The highest BCUT2D eigenvalue weighted by Gasteiger charge is 2.24. The Morgan fingerprint density at radius 3 is 2.95 bits per heavy atom. The topological polar surface area (TPSA) is 44.4 Å². The molecule has 0 unspecified atom stereocenters. The van der Waals surface area contributed by atoms with Crippen molar-refractivity contribution in [2.45, 2.75) is 38.1 Å². The van der Waals surface area contributed by atoms with E-state index in [1.54, 1.807) is 0 Å². The first kappa shape index (κ1) is 15.0. The van der Waals surface area contributed by atoms with Crippen LogP contribution in [0.2, 0.25) is 0 Å². The number of nitrogens with one attached hydrogen (secondary N) is 1. The molecule has 1 aromatic rings. The lowest BCUT2D eigenvalue weighted by molar-refractivity contribution is 0.0166. The van der Waals surface area contributed by atoms with Crippen molar-refractivity contribution in [1.29, 1.82) is 0 Å². The Kier molecular flexibility index (Phi) is 5.66. The molecular weight excluding hydrogens is 264 g/mol. The Bertz CT molecular complexity index is 389. The van der Waals surface area contributed by atoms with Crippen LogP contribution < -0.4 is 0 Å². The summed E-state index contributed by atoms with van der Waals surface area (Å²) in [5.41, 5.74) is 1.33. The number of aromatic nitrogens is 2. The molecule has 3 rings (SSSR count). The van der Waals surface area contributed by atoms with Gasteiger partial charge in [0.25, 0.3) is 0 Å². The summed E-state index contributed by atoms with van der Waals surface area (Å²) in [5.74, 6) is 0. The molecular formula is C16H28N4O. The molecule has 3 heterocycles. The van der Waals surface area contributed by atoms with E-state index in [0.717, 1.165) is 38.8 Å². The molecule has 0 aromatic carbocycles. The molecule has 2 saturated heterocycles. The van der Waals surface area contributed by atoms with E-state index in [1.165, 1.54) is 50.9 Å². The van der Waals surface area contributed by atoms with Crippen molar-refractivity contribution in [3.8, 4) is 0 Å². The summed E-state index contributed by atoms with van der Waals surface area (Å²) >= 11 is 0. The van der Waals surface area contributed by atoms with Gasteiger partial charge in [-0.25, -0.2) is 0 Å². The SMILES string of the molecule is c1n[nH]cc1CCCN1CCCC[C@H]1CN1CCOCC1. The molecule has 2 aliphatic rings. The number of piperidine rings is 1. The van der Waals surface area contributed by atoms with Crippen molar-refractivity contribution >= 4 is 0 Å². The maximum atomic E-state index is 5.46. The zero-order chi connectivity index (χ0) is 14.3. The largest absolute Gasteiger partial charge is 0.379 e. The zero-order valence-corrected chi connectivity index (χ0v) is 13.0. The molecule has 0 bridgehead atoms. The number of hydrogen-bond donors (Lipinski definition) is 1. The van der Waals surface area contributed by atoms with Crippen molar-refractivity contribution < 1.29 is 4.74 Å². The fourth-order valence-electron chi connectivity index (χ4n) is 3.54. The Morgan fingerprint density at radius 2 is 2.14 bits per heavy atom. The van der Waals surface area contributed by atoms with Gasteiger partial charge in [-0.05, 0) is 44.3 Å². The second-order valence-electron chi connectivity index (χ2n) is 6.31. The van der Waals surface area contributed by atoms with Gasteiger partial charge in [0, 0.05) is 31.9 Å². The van der Waals surface area contributed by atoms with Crippen molar-refractivity contribution in [3.63, 3.8) is 0 Å². The first-order valence-electron chi connectivity index (χ1n) is 8.43. The Balaban J connectivity index is 1.44. The molecule has 2 fully saturated rings. The third kappa shape index (κ3) is 4.53. The summed E-state index contributed by atoms with van der Waals surface area (Å²) in [4.78, 5) is 5.31. The highest BCUT2D eigenvalue weighted by Crippen LogP contribution is 2.19. The minimum Gasteiger partial charge on any atom is -0.379 e. The van der Waals surface area contributed by atoms with E-state index in [1.807, 2.05) is 12.4 Å². The number of aryl methyl sites for hydroxylation is 1. The molecule has 1 atom stereocenters. The van der Waals surface area contributed by atoms with Gasteiger partial charge >= 0.3 is 0 Å². The fraction of sp³-hybridized carbons (Fsp3) is 0.812. The smallest absolute Gasteiger partial charge is 0.0594 e. The van der Waals surface area contributed by atoms with Crippen LogP contribution in [0.4, 0.5) is 0 Å². The number of morpholine rings is 1. The number of H-pyrrole nitrogens is 1. The lowest BCUT2D eigenvalue weighted by Gasteiger charge is -2.39. The van der Waals surface area contributed by atoms with Gasteiger partial charge in [0.15, 0.2) is 0 Å². The van der Waals surface area contributed by atoms with Crippen LogP contribution in [0.1, 0.15) is 31.2 Å². The molecule has 1 N–H and O–H groups in total. The molecule has 0 radical (unpaired) electrons. The monoisotopic (exact) mass is 292 g/mol. The molecule has 1 aromatic heterocycles. The van der Waals surface area contributed by atoms with Gasteiger partial charge in [0.05, 0.1) is 19.4 Å². The number of likely N-dealkylation sites (tertiary alicyclic amines) is 1. The molecule has 2 aliphatic heterocycles. The summed E-state index contributed by atoms with van der Waals surface area (Å²) < 4.78 is 5.46. The van der Waals surface area contributed by atoms with Crippen LogP contribution >= 0.6 is 0 Å². The third-order valence-corrected chi connectivity index (χ3v) is 4.79. The minimum atomic E-state index is 0.751. The van der Waals surface area contributed by atoms with Gasteiger partial charge in [-0.3, -0.25) is 14.9 Å². The molecule has 5 nitrogen and oxygen atoms in total. The second kappa shape index (κ2) is 7.92. The predicted octanol–water partition coefficient (Wildman–Crippen LogP) is 1.53. The van der Waals surface area contributed by atoms with Crippen LogP contribution in [-0.4, -0.2) is 72.0 Å². The number of aromatic amines is 1. The lowest BCUT2D eigenvalue weighted by atomic mass is 10.0. The van der Waals surface area contributed by atoms with Gasteiger partial charge < -0.3 is 4.74 Å². The van der Waals surface area contributed by atoms with Gasteiger partial charge in [-0.1, -0.05) is 6.42 Å². The number of hydrogen-bond acceptors (Lipinski definition) is 4. The second-order valence-corrected chi connectivity index (χ2v) is 6.31. The summed E-state index contributed by atoms with van der Waals surface area (Å²) in [6.45, 7) is 7.77. The summed E-state index contributed by atoms with van der Waals surface area (Å²) in [6.07, 6.45) is 10.5. The van der Waals surface area contributed by atoms with E-state index < -0.39 is 0 Å². The van der Waals surface area contributed by atoms with E-state index in [4.69, 9.17) is 4.74 Å². The summed E-state index contributed by atoms with van der Waals surface area (Å²) in [5, 5.41) is 6.92. The van der Waals surface area contributed by atoms with Gasteiger partial charge in [0.2, 0.25) is 0 Å². The summed E-state index contributed by atoms with van der Waals surface area (Å²) in [6, 6.07) is 0.751. The van der Waals surface area contributed by atoms with E-state index in [0.29, 0.717) is 0 Å². The van der Waals surface area contributed by atoms with Crippen LogP contribution in [0.3, 0.4) is 0 Å². The average molecular weight is 292 g/mol. The average Bonchev–Trinajstić information content (AvgIpc) is 3.03. The van der Waals surface area contributed by atoms with Crippen molar-refractivity contribution in [2.75, 3.05) is 45.9 Å². The van der Waals surface area contributed by atoms with Crippen LogP contribution in [-0.2, 0) is 11.2 Å². The third-order valence-electron chi connectivity index (χ3n) is 4.79. The lowest BCUT2D eigenvalue weighted by Crippen LogP contribution is -2.49. The standard InChI is InChI=1S/C16H28N4O/c1-2-6-20(7-3-4-15-12-17-18-13-15)16(5-1)14-19-8-10-21-11-9-19/h12-13,16H,1-11,14H2,(H,17,18)/t16-/m0/s1. The zero-order valence-electron chi connectivity index (χ0n) is 13.0. The van der Waals surface area contributed by atoms with E-state index >= 15 is 0 Å². The Morgan fingerprint density at radius 1 is 1.24 bits per heavy atom. The molecule has 118 valence electrons. The molecule has 21 heavy (non-hydrogen) atoms. The minimum absolute atomic E-state index is 0.751. The van der Waals surface area contributed by atoms with Crippen molar-refractivity contribution in [3.05, 3.63) is 18.0 Å². The highest BCUT2D eigenvalue weighted by molar-refractivity contribution is 5.02. The van der Waals surface area contributed by atoms with Crippen LogP contribution in [0.5, 0.6) is 0 Å². The van der Waals surface area contributed by atoms with Crippen LogP contribution in [0.25, 0.3) is 0 Å². The Labute approximate surface area is 127 Å². The normalized spacial score (nSPS) is 25.2. The van der Waals surface area contributed by atoms with Gasteiger partial charge in [0.1, 0.15) is 0 Å². The maximum Gasteiger partial charge on any atom is 0.0594 e.